The molecule has 7 nitrogen and oxygen atoms in total. The molecule has 0 bridgehead atoms. The average Bonchev–Trinajstić information content (AvgIpc) is 3.03. The lowest BCUT2D eigenvalue weighted by atomic mass is 10.2. The highest BCUT2D eigenvalue weighted by Gasteiger charge is 2.21. The van der Waals surface area contributed by atoms with Crippen molar-refractivity contribution in [3.05, 3.63) is 47.7 Å². The van der Waals surface area contributed by atoms with Gasteiger partial charge < -0.3 is 14.4 Å². The molecule has 4 rings (SSSR count). The van der Waals surface area contributed by atoms with Gasteiger partial charge in [-0.3, -0.25) is 9.88 Å². The van der Waals surface area contributed by atoms with Crippen molar-refractivity contribution in [2.45, 2.75) is 26.2 Å². The van der Waals surface area contributed by atoms with Gasteiger partial charge in [-0.2, -0.15) is 0 Å². The largest absolute Gasteiger partial charge is 0.497 e. The highest BCUT2D eigenvalue weighted by atomic mass is 16.5. The fourth-order valence-corrected chi connectivity index (χ4v) is 3.11. The topological polar surface area (TPSA) is 76.3 Å². The van der Waals surface area contributed by atoms with Crippen molar-refractivity contribution in [2.24, 2.45) is 0 Å². The van der Waals surface area contributed by atoms with E-state index in [-0.39, 0.29) is 6.61 Å². The predicted molar refractivity (Wildman–Crippen MR) is 88.4 cm³/mol. The summed E-state index contributed by atoms with van der Waals surface area (Å²) in [6, 6.07) is 10.0. The molecule has 0 aliphatic carbocycles. The summed E-state index contributed by atoms with van der Waals surface area (Å²) in [6.45, 7) is 3.10. The third-order valence-electron chi connectivity index (χ3n) is 4.39. The van der Waals surface area contributed by atoms with Crippen LogP contribution in [0.25, 0.3) is 10.9 Å². The Morgan fingerprint density at radius 2 is 2.08 bits per heavy atom. The van der Waals surface area contributed by atoms with E-state index in [1.54, 1.807) is 7.11 Å². The lowest BCUT2D eigenvalue weighted by Gasteiger charge is -2.27. The predicted octanol–water partition coefficient (Wildman–Crippen LogP) is 1.34. The number of rotatable bonds is 4. The van der Waals surface area contributed by atoms with Crippen LogP contribution >= 0.6 is 0 Å². The number of hydrogen-bond donors (Lipinski definition) is 1. The third-order valence-corrected chi connectivity index (χ3v) is 4.39. The molecule has 7 heteroatoms. The number of ether oxygens (including phenoxy) is 1. The minimum Gasteiger partial charge on any atom is -0.497 e. The zero-order valence-electron chi connectivity index (χ0n) is 13.5. The molecule has 3 aromatic rings. The quantitative estimate of drug-likeness (QED) is 0.780. The van der Waals surface area contributed by atoms with Crippen molar-refractivity contribution in [3.8, 4) is 5.75 Å². The number of aromatic nitrogens is 4. The van der Waals surface area contributed by atoms with Gasteiger partial charge in [0.05, 0.1) is 24.9 Å². The number of aliphatic hydroxyl groups is 1. The molecule has 3 heterocycles. The second-order valence-electron chi connectivity index (χ2n) is 5.91. The van der Waals surface area contributed by atoms with Crippen LogP contribution in [0.4, 0.5) is 0 Å². The molecule has 0 fully saturated rings. The molecular formula is C17H19N5O2. The summed E-state index contributed by atoms with van der Waals surface area (Å²) in [4.78, 5) is 7.04. The standard InChI is InChI=1S/C17H19N5O2/c1-24-14-4-5-15-12(8-14)2-3-13(18-15)9-21-6-7-22-16(10-21)19-20-17(22)11-23/h2-5,8,23H,6-7,9-11H2,1H3. The zero-order chi connectivity index (χ0) is 16.5. The highest BCUT2D eigenvalue weighted by Crippen LogP contribution is 2.21. The van der Waals surface area contributed by atoms with E-state index >= 15 is 0 Å². The first-order chi connectivity index (χ1) is 11.8. The average molecular weight is 325 g/mol. The van der Waals surface area contributed by atoms with Crippen LogP contribution < -0.4 is 4.74 Å². The Balaban J connectivity index is 1.52. The number of nitrogens with zero attached hydrogens (tertiary/aromatic N) is 5. The van der Waals surface area contributed by atoms with Crippen molar-refractivity contribution < 1.29 is 9.84 Å². The summed E-state index contributed by atoms with van der Waals surface area (Å²) >= 11 is 0. The summed E-state index contributed by atoms with van der Waals surface area (Å²) in [7, 11) is 1.67. The van der Waals surface area contributed by atoms with Crippen LogP contribution in [0.5, 0.6) is 5.75 Å². The van der Waals surface area contributed by atoms with E-state index in [0.29, 0.717) is 5.82 Å². The van der Waals surface area contributed by atoms with Crippen LogP contribution in [-0.2, 0) is 26.2 Å². The van der Waals surface area contributed by atoms with Gasteiger partial charge in [0.25, 0.3) is 0 Å². The van der Waals surface area contributed by atoms with Crippen LogP contribution in [0.3, 0.4) is 0 Å². The third kappa shape index (κ3) is 2.72. The molecule has 0 saturated heterocycles. The highest BCUT2D eigenvalue weighted by molar-refractivity contribution is 5.80. The molecule has 124 valence electrons. The van der Waals surface area contributed by atoms with Gasteiger partial charge in [0, 0.05) is 25.0 Å². The van der Waals surface area contributed by atoms with E-state index < -0.39 is 0 Å². The Hall–Kier alpha value is -2.51. The molecule has 1 aliphatic heterocycles. The van der Waals surface area contributed by atoms with E-state index in [2.05, 4.69) is 27.2 Å². The molecule has 0 spiro atoms. The Bertz CT molecular complexity index is 877. The summed E-state index contributed by atoms with van der Waals surface area (Å²) in [5.41, 5.74) is 2.00. The smallest absolute Gasteiger partial charge is 0.158 e. The summed E-state index contributed by atoms with van der Waals surface area (Å²) in [5, 5.41) is 18.5. The molecule has 2 aromatic heterocycles. The van der Waals surface area contributed by atoms with Crippen LogP contribution in [0, 0.1) is 0 Å². The molecule has 24 heavy (non-hydrogen) atoms. The van der Waals surface area contributed by atoms with E-state index in [0.717, 1.165) is 54.3 Å². The zero-order valence-corrected chi connectivity index (χ0v) is 13.5. The molecule has 0 saturated carbocycles. The molecule has 0 radical (unpaired) electrons. The lowest BCUT2D eigenvalue weighted by molar-refractivity contribution is 0.197. The lowest BCUT2D eigenvalue weighted by Crippen LogP contribution is -2.34. The molecule has 0 unspecified atom stereocenters. The fraction of sp³-hybridized carbons (Fsp3) is 0.353. The van der Waals surface area contributed by atoms with E-state index in [4.69, 9.17) is 9.72 Å². The second kappa shape index (κ2) is 6.18. The van der Waals surface area contributed by atoms with Gasteiger partial charge in [0.15, 0.2) is 5.82 Å². The van der Waals surface area contributed by atoms with Crippen LogP contribution in [0.1, 0.15) is 17.3 Å². The van der Waals surface area contributed by atoms with Crippen LogP contribution in [0.15, 0.2) is 30.3 Å². The SMILES string of the molecule is COc1ccc2nc(CN3CCn4c(CO)nnc4C3)ccc2c1. The molecule has 1 aromatic carbocycles. The van der Waals surface area contributed by atoms with Crippen molar-refractivity contribution in [1.29, 1.82) is 0 Å². The molecule has 1 N–H and O–H groups in total. The summed E-state index contributed by atoms with van der Waals surface area (Å²) in [5.74, 6) is 2.38. The van der Waals surface area contributed by atoms with Gasteiger partial charge in [-0.05, 0) is 24.3 Å². The summed E-state index contributed by atoms with van der Waals surface area (Å²) in [6.07, 6.45) is 0. The van der Waals surface area contributed by atoms with Gasteiger partial charge >= 0.3 is 0 Å². The van der Waals surface area contributed by atoms with E-state index in [1.807, 2.05) is 22.8 Å². The Morgan fingerprint density at radius 3 is 2.92 bits per heavy atom. The number of pyridine rings is 1. The Morgan fingerprint density at radius 1 is 1.17 bits per heavy atom. The van der Waals surface area contributed by atoms with Crippen LogP contribution in [-0.4, -0.2) is 43.4 Å². The van der Waals surface area contributed by atoms with Gasteiger partial charge in [0.1, 0.15) is 18.2 Å². The van der Waals surface area contributed by atoms with Gasteiger partial charge in [-0.25, -0.2) is 0 Å². The molecule has 0 amide bonds. The monoisotopic (exact) mass is 325 g/mol. The number of fused-ring (bicyclic) bond motifs is 2. The first-order valence-electron chi connectivity index (χ1n) is 7.94. The Labute approximate surface area is 139 Å². The maximum atomic E-state index is 9.27. The van der Waals surface area contributed by atoms with Crippen LogP contribution in [0.2, 0.25) is 0 Å². The first kappa shape index (κ1) is 15.0. The number of benzene rings is 1. The Kier molecular flexibility index (Phi) is 3.87. The minimum atomic E-state index is -0.0668. The van der Waals surface area contributed by atoms with Crippen molar-refractivity contribution in [2.75, 3.05) is 13.7 Å². The maximum absolute atomic E-state index is 9.27. The number of hydrogen-bond acceptors (Lipinski definition) is 6. The van der Waals surface area contributed by atoms with Gasteiger partial charge in [0.2, 0.25) is 0 Å². The minimum absolute atomic E-state index is 0.0668. The number of aliphatic hydroxyl groups excluding tert-OH is 1. The summed E-state index contributed by atoms with van der Waals surface area (Å²) < 4.78 is 7.25. The van der Waals surface area contributed by atoms with Gasteiger partial charge in [-0.1, -0.05) is 6.07 Å². The van der Waals surface area contributed by atoms with E-state index in [9.17, 15) is 5.11 Å². The van der Waals surface area contributed by atoms with Crippen molar-refractivity contribution in [1.82, 2.24) is 24.6 Å². The number of methoxy groups -OCH3 is 1. The molecule has 0 atom stereocenters. The molecule has 1 aliphatic rings. The normalized spacial score (nSPS) is 14.8. The second-order valence-corrected chi connectivity index (χ2v) is 5.91. The van der Waals surface area contributed by atoms with Gasteiger partial charge in [-0.15, -0.1) is 10.2 Å². The van der Waals surface area contributed by atoms with Crippen molar-refractivity contribution in [3.63, 3.8) is 0 Å². The fourth-order valence-electron chi connectivity index (χ4n) is 3.11. The first-order valence-corrected chi connectivity index (χ1v) is 7.94. The maximum Gasteiger partial charge on any atom is 0.158 e. The molecular weight excluding hydrogens is 306 g/mol. The van der Waals surface area contributed by atoms with Crippen molar-refractivity contribution >= 4 is 10.9 Å². The van der Waals surface area contributed by atoms with E-state index in [1.165, 1.54) is 0 Å².